The molecule has 0 spiro atoms. The van der Waals surface area contributed by atoms with Crippen molar-refractivity contribution in [3.63, 3.8) is 0 Å². The first-order chi connectivity index (χ1) is 10.6. The van der Waals surface area contributed by atoms with Gasteiger partial charge in [0.05, 0.1) is 14.2 Å². The summed E-state index contributed by atoms with van der Waals surface area (Å²) in [6.45, 7) is 2.45. The predicted octanol–water partition coefficient (Wildman–Crippen LogP) is 3.28. The lowest BCUT2D eigenvalue weighted by Gasteiger charge is -2.20. The number of hydrogen-bond donors (Lipinski definition) is 0. The molecule has 2 rings (SSSR count). The van der Waals surface area contributed by atoms with Gasteiger partial charge in [0.25, 0.3) is 5.91 Å². The number of hydrogen-bond acceptors (Lipinski definition) is 3. The number of methoxy groups -OCH3 is 2. The van der Waals surface area contributed by atoms with Gasteiger partial charge in [0.1, 0.15) is 0 Å². The number of carbonyl (C=O) groups excluding carboxylic acids is 1. The first-order valence-corrected chi connectivity index (χ1v) is 7.08. The summed E-state index contributed by atoms with van der Waals surface area (Å²) in [5.41, 5.74) is 2.72. The largest absolute Gasteiger partial charge is 0.493 e. The van der Waals surface area contributed by atoms with Gasteiger partial charge in [-0.2, -0.15) is 0 Å². The van der Waals surface area contributed by atoms with Gasteiger partial charge in [0.2, 0.25) is 0 Å². The molecule has 0 aliphatic carbocycles. The van der Waals surface area contributed by atoms with E-state index in [1.54, 1.807) is 26.2 Å². The predicted molar refractivity (Wildman–Crippen MR) is 86.5 cm³/mol. The molecule has 0 aliphatic heterocycles. The van der Waals surface area contributed by atoms with Crippen LogP contribution >= 0.6 is 0 Å². The second-order valence-corrected chi connectivity index (χ2v) is 5.18. The molecule has 0 atom stereocenters. The molecule has 0 aromatic heterocycles. The maximum Gasteiger partial charge on any atom is 0.253 e. The Labute approximate surface area is 131 Å². The number of carbonyl (C=O) groups is 1. The first-order valence-electron chi connectivity index (χ1n) is 7.08. The molecule has 0 aliphatic rings. The van der Waals surface area contributed by atoms with Crippen LogP contribution in [0.25, 0.3) is 0 Å². The fourth-order valence-corrected chi connectivity index (χ4v) is 2.32. The van der Waals surface area contributed by atoms with E-state index in [1.165, 1.54) is 0 Å². The van der Waals surface area contributed by atoms with Crippen LogP contribution in [0.15, 0.2) is 42.5 Å². The highest BCUT2D eigenvalue weighted by Gasteiger charge is 2.16. The first kappa shape index (κ1) is 15.9. The van der Waals surface area contributed by atoms with Crippen LogP contribution in [-0.4, -0.2) is 32.1 Å². The third-order valence-corrected chi connectivity index (χ3v) is 3.54. The lowest BCUT2D eigenvalue weighted by atomic mass is 10.1. The zero-order chi connectivity index (χ0) is 16.1. The van der Waals surface area contributed by atoms with Gasteiger partial charge in [-0.25, -0.2) is 0 Å². The molecule has 0 saturated carbocycles. The van der Waals surface area contributed by atoms with Crippen molar-refractivity contribution in [1.29, 1.82) is 0 Å². The summed E-state index contributed by atoms with van der Waals surface area (Å²) in [7, 11) is 4.98. The number of nitrogens with zero attached hydrogens (tertiary/aromatic N) is 1. The van der Waals surface area contributed by atoms with E-state index in [-0.39, 0.29) is 5.91 Å². The summed E-state index contributed by atoms with van der Waals surface area (Å²) in [6, 6.07) is 13.2. The van der Waals surface area contributed by atoms with Crippen LogP contribution in [0.3, 0.4) is 0 Å². The van der Waals surface area contributed by atoms with Crippen molar-refractivity contribution in [3.8, 4) is 11.5 Å². The Bertz CT molecular complexity index is 650. The fourth-order valence-electron chi connectivity index (χ4n) is 2.32. The Morgan fingerprint density at radius 1 is 1.05 bits per heavy atom. The number of amides is 1. The monoisotopic (exact) mass is 299 g/mol. The molecule has 0 fully saturated rings. The van der Waals surface area contributed by atoms with Crippen LogP contribution in [-0.2, 0) is 6.54 Å². The van der Waals surface area contributed by atoms with Crippen LogP contribution < -0.4 is 9.47 Å². The number of benzene rings is 2. The van der Waals surface area contributed by atoms with Gasteiger partial charge in [-0.15, -0.1) is 0 Å². The molecule has 0 unspecified atom stereocenters. The second kappa shape index (κ2) is 6.98. The fraction of sp³-hybridized carbons (Fsp3) is 0.278. The van der Waals surface area contributed by atoms with Crippen molar-refractivity contribution in [2.75, 3.05) is 21.3 Å². The highest BCUT2D eigenvalue weighted by atomic mass is 16.5. The molecule has 4 heteroatoms. The van der Waals surface area contributed by atoms with Crippen molar-refractivity contribution in [3.05, 3.63) is 59.2 Å². The van der Waals surface area contributed by atoms with E-state index < -0.39 is 0 Å². The third kappa shape index (κ3) is 3.39. The van der Waals surface area contributed by atoms with E-state index in [4.69, 9.17) is 9.47 Å². The highest BCUT2D eigenvalue weighted by molar-refractivity contribution is 5.94. The highest BCUT2D eigenvalue weighted by Crippen LogP contribution is 2.31. The SMILES string of the molecule is COc1cccc(CN(C)C(=O)c2ccc(C)cc2)c1OC. The Hall–Kier alpha value is -2.49. The van der Waals surface area contributed by atoms with Crippen LogP contribution in [0, 0.1) is 6.92 Å². The molecule has 0 N–H and O–H groups in total. The van der Waals surface area contributed by atoms with E-state index in [9.17, 15) is 4.79 Å². The Morgan fingerprint density at radius 3 is 2.32 bits per heavy atom. The third-order valence-electron chi connectivity index (χ3n) is 3.54. The summed E-state index contributed by atoms with van der Waals surface area (Å²) in [5.74, 6) is 1.30. The number of ether oxygens (including phenoxy) is 2. The summed E-state index contributed by atoms with van der Waals surface area (Å²) >= 11 is 0. The zero-order valence-electron chi connectivity index (χ0n) is 13.4. The van der Waals surface area contributed by atoms with Crippen molar-refractivity contribution >= 4 is 5.91 Å². The van der Waals surface area contributed by atoms with Crippen LogP contribution in [0.4, 0.5) is 0 Å². The molecule has 2 aromatic carbocycles. The summed E-state index contributed by atoms with van der Waals surface area (Å²) < 4.78 is 10.7. The van der Waals surface area contributed by atoms with Crippen molar-refractivity contribution in [2.45, 2.75) is 13.5 Å². The maximum absolute atomic E-state index is 12.5. The topological polar surface area (TPSA) is 38.8 Å². The molecule has 0 radical (unpaired) electrons. The second-order valence-electron chi connectivity index (χ2n) is 5.18. The minimum Gasteiger partial charge on any atom is -0.493 e. The summed E-state index contributed by atoms with van der Waals surface area (Å²) in [5, 5.41) is 0. The lowest BCUT2D eigenvalue weighted by Crippen LogP contribution is -2.26. The smallest absolute Gasteiger partial charge is 0.253 e. The van der Waals surface area contributed by atoms with Gasteiger partial charge >= 0.3 is 0 Å². The minimum atomic E-state index is -0.0233. The number of aryl methyl sites for hydroxylation is 1. The molecule has 22 heavy (non-hydrogen) atoms. The van der Waals surface area contributed by atoms with Gasteiger partial charge in [0, 0.05) is 24.7 Å². The summed E-state index contributed by atoms with van der Waals surface area (Å²) in [6.07, 6.45) is 0. The van der Waals surface area contributed by atoms with E-state index in [0.29, 0.717) is 23.6 Å². The van der Waals surface area contributed by atoms with E-state index in [1.807, 2.05) is 49.4 Å². The van der Waals surface area contributed by atoms with Gasteiger partial charge in [0.15, 0.2) is 11.5 Å². The van der Waals surface area contributed by atoms with Crippen molar-refractivity contribution < 1.29 is 14.3 Å². The van der Waals surface area contributed by atoms with E-state index >= 15 is 0 Å². The average molecular weight is 299 g/mol. The van der Waals surface area contributed by atoms with Gasteiger partial charge in [-0.1, -0.05) is 29.8 Å². The van der Waals surface area contributed by atoms with Crippen molar-refractivity contribution in [2.24, 2.45) is 0 Å². The molecule has 2 aromatic rings. The average Bonchev–Trinajstić information content (AvgIpc) is 2.54. The number of para-hydroxylation sites is 1. The zero-order valence-corrected chi connectivity index (χ0v) is 13.4. The van der Waals surface area contributed by atoms with Gasteiger partial charge < -0.3 is 14.4 Å². The van der Waals surface area contributed by atoms with E-state index in [2.05, 4.69) is 0 Å². The van der Waals surface area contributed by atoms with Crippen LogP contribution in [0.5, 0.6) is 11.5 Å². The molecule has 116 valence electrons. The van der Waals surface area contributed by atoms with E-state index in [0.717, 1.165) is 11.1 Å². The standard InChI is InChI=1S/C18H21NO3/c1-13-8-10-14(11-9-13)18(20)19(2)12-15-6-5-7-16(21-3)17(15)22-4/h5-11H,12H2,1-4H3. The number of rotatable bonds is 5. The molecule has 0 saturated heterocycles. The Morgan fingerprint density at radius 2 is 1.73 bits per heavy atom. The normalized spacial score (nSPS) is 10.2. The van der Waals surface area contributed by atoms with Gasteiger partial charge in [-0.05, 0) is 25.1 Å². The lowest BCUT2D eigenvalue weighted by molar-refractivity contribution is 0.0784. The van der Waals surface area contributed by atoms with Crippen LogP contribution in [0.1, 0.15) is 21.5 Å². The molecule has 1 amide bonds. The van der Waals surface area contributed by atoms with Gasteiger partial charge in [-0.3, -0.25) is 4.79 Å². The quantitative estimate of drug-likeness (QED) is 0.850. The molecular weight excluding hydrogens is 278 g/mol. The minimum absolute atomic E-state index is 0.0233. The summed E-state index contributed by atoms with van der Waals surface area (Å²) in [4.78, 5) is 14.1. The Balaban J connectivity index is 2.20. The maximum atomic E-state index is 12.5. The van der Waals surface area contributed by atoms with Crippen LogP contribution in [0.2, 0.25) is 0 Å². The molecule has 0 bridgehead atoms. The molecule has 4 nitrogen and oxygen atoms in total. The van der Waals surface area contributed by atoms with Crippen molar-refractivity contribution in [1.82, 2.24) is 4.90 Å². The molecular formula is C18H21NO3. The Kier molecular flexibility index (Phi) is 5.04. The molecule has 0 heterocycles.